The van der Waals surface area contributed by atoms with Gasteiger partial charge in [-0.05, 0) is 34.1 Å². The highest BCUT2D eigenvalue weighted by molar-refractivity contribution is 9.10. The molecule has 1 aliphatic heterocycles. The molecule has 1 aliphatic rings. The van der Waals surface area contributed by atoms with E-state index in [0.717, 1.165) is 0 Å². The minimum absolute atomic E-state index is 0.0335. The van der Waals surface area contributed by atoms with Crippen LogP contribution in [0.5, 0.6) is 17.2 Å². The topological polar surface area (TPSA) is 103 Å². The van der Waals surface area contributed by atoms with Gasteiger partial charge in [0, 0.05) is 23.5 Å². The van der Waals surface area contributed by atoms with E-state index in [2.05, 4.69) is 26.0 Å². The summed E-state index contributed by atoms with van der Waals surface area (Å²) in [5.74, 6) is 0.999. The maximum atomic E-state index is 12.8. The molecule has 0 saturated carbocycles. The minimum atomic E-state index is -3.93. The van der Waals surface area contributed by atoms with Crippen LogP contribution in [-0.4, -0.2) is 34.6 Å². The maximum Gasteiger partial charge on any atom is 0.262 e. The van der Waals surface area contributed by atoms with Gasteiger partial charge in [-0.1, -0.05) is 0 Å². The second kappa shape index (κ2) is 7.65. The van der Waals surface area contributed by atoms with Crippen LogP contribution in [0.4, 0.5) is 11.4 Å². The molecule has 1 heterocycles. The van der Waals surface area contributed by atoms with E-state index in [-0.39, 0.29) is 16.5 Å². The first-order valence-electron chi connectivity index (χ1n) is 7.88. The first-order chi connectivity index (χ1) is 12.8. The summed E-state index contributed by atoms with van der Waals surface area (Å²) in [4.78, 5) is 11.3. The third-order valence-corrected chi connectivity index (χ3v) is 5.69. The SMILES string of the molecule is COc1ccc(S(=O)(=O)Nc2cc3c(cc2Br)OCCO3)cc1NC(C)=O. The van der Waals surface area contributed by atoms with Crippen LogP contribution in [0.15, 0.2) is 39.7 Å². The molecule has 0 unspecified atom stereocenters. The molecule has 0 radical (unpaired) electrons. The zero-order chi connectivity index (χ0) is 19.6. The van der Waals surface area contributed by atoms with Gasteiger partial charge in [0.15, 0.2) is 11.5 Å². The Labute approximate surface area is 165 Å². The van der Waals surface area contributed by atoms with Gasteiger partial charge in [-0.2, -0.15) is 0 Å². The molecule has 144 valence electrons. The Kier molecular flexibility index (Phi) is 5.47. The number of carbonyl (C=O) groups is 1. The number of ether oxygens (including phenoxy) is 3. The number of benzene rings is 2. The maximum absolute atomic E-state index is 12.8. The quantitative estimate of drug-likeness (QED) is 0.716. The van der Waals surface area contributed by atoms with Gasteiger partial charge in [0.25, 0.3) is 10.0 Å². The lowest BCUT2D eigenvalue weighted by molar-refractivity contribution is -0.114. The average molecular weight is 457 g/mol. The van der Waals surface area contributed by atoms with E-state index in [9.17, 15) is 13.2 Å². The monoisotopic (exact) mass is 456 g/mol. The number of fused-ring (bicyclic) bond motifs is 1. The second-order valence-corrected chi connectivity index (χ2v) is 8.16. The van der Waals surface area contributed by atoms with Crippen molar-refractivity contribution in [1.29, 1.82) is 0 Å². The summed E-state index contributed by atoms with van der Waals surface area (Å²) >= 11 is 3.33. The largest absolute Gasteiger partial charge is 0.495 e. The van der Waals surface area contributed by atoms with Crippen molar-refractivity contribution in [3.63, 3.8) is 0 Å². The molecule has 2 aromatic carbocycles. The smallest absolute Gasteiger partial charge is 0.262 e. The fourth-order valence-corrected chi connectivity index (χ4v) is 4.14. The molecule has 0 aliphatic carbocycles. The molecule has 27 heavy (non-hydrogen) atoms. The molecule has 8 nitrogen and oxygen atoms in total. The third-order valence-electron chi connectivity index (χ3n) is 3.67. The van der Waals surface area contributed by atoms with Crippen molar-refractivity contribution in [2.75, 3.05) is 30.4 Å². The van der Waals surface area contributed by atoms with E-state index in [1.165, 1.54) is 32.2 Å². The lowest BCUT2D eigenvalue weighted by Crippen LogP contribution is -2.17. The number of methoxy groups -OCH3 is 1. The van der Waals surface area contributed by atoms with Gasteiger partial charge < -0.3 is 19.5 Å². The lowest BCUT2D eigenvalue weighted by atomic mass is 10.2. The number of amides is 1. The zero-order valence-electron chi connectivity index (χ0n) is 14.5. The van der Waals surface area contributed by atoms with Gasteiger partial charge in [0.1, 0.15) is 19.0 Å². The van der Waals surface area contributed by atoms with Gasteiger partial charge in [0.2, 0.25) is 5.91 Å². The molecule has 0 spiro atoms. The molecule has 0 fully saturated rings. The highest BCUT2D eigenvalue weighted by Crippen LogP contribution is 2.39. The van der Waals surface area contributed by atoms with Crippen molar-refractivity contribution in [3.8, 4) is 17.2 Å². The molecule has 0 bridgehead atoms. The van der Waals surface area contributed by atoms with E-state index in [0.29, 0.717) is 40.6 Å². The van der Waals surface area contributed by atoms with Crippen LogP contribution in [-0.2, 0) is 14.8 Å². The molecular formula is C17H17BrN2O6S. The third kappa shape index (κ3) is 4.28. The summed E-state index contributed by atoms with van der Waals surface area (Å²) in [5, 5.41) is 2.55. The molecule has 0 saturated heterocycles. The van der Waals surface area contributed by atoms with Crippen LogP contribution >= 0.6 is 15.9 Å². The molecular weight excluding hydrogens is 440 g/mol. The summed E-state index contributed by atoms with van der Waals surface area (Å²) in [6.07, 6.45) is 0. The Balaban J connectivity index is 1.94. The summed E-state index contributed by atoms with van der Waals surface area (Å²) in [6.45, 7) is 2.15. The average Bonchev–Trinajstić information content (AvgIpc) is 2.61. The van der Waals surface area contributed by atoms with Crippen molar-refractivity contribution >= 4 is 43.2 Å². The van der Waals surface area contributed by atoms with E-state index >= 15 is 0 Å². The van der Waals surface area contributed by atoms with E-state index in [4.69, 9.17) is 14.2 Å². The first kappa shape index (κ1) is 19.3. The predicted molar refractivity (Wildman–Crippen MR) is 103 cm³/mol. The Hall–Kier alpha value is -2.46. The molecule has 0 aromatic heterocycles. The Morgan fingerprint density at radius 1 is 1.11 bits per heavy atom. The molecule has 0 atom stereocenters. The normalized spacial score (nSPS) is 13.0. The summed E-state index contributed by atoms with van der Waals surface area (Å²) in [5.41, 5.74) is 0.560. The van der Waals surface area contributed by atoms with Crippen molar-refractivity contribution in [2.24, 2.45) is 0 Å². The number of carbonyl (C=O) groups excluding carboxylic acids is 1. The predicted octanol–water partition coefficient (Wildman–Crippen LogP) is 2.99. The van der Waals surface area contributed by atoms with Gasteiger partial charge in [-0.15, -0.1) is 0 Å². The summed E-state index contributed by atoms with van der Waals surface area (Å²) in [7, 11) is -2.50. The van der Waals surface area contributed by atoms with Crippen molar-refractivity contribution in [2.45, 2.75) is 11.8 Å². The van der Waals surface area contributed by atoms with Crippen LogP contribution in [0, 0.1) is 0 Å². The van der Waals surface area contributed by atoms with Crippen LogP contribution in [0.3, 0.4) is 0 Å². The van der Waals surface area contributed by atoms with Crippen molar-refractivity contribution in [1.82, 2.24) is 0 Å². The molecule has 1 amide bonds. The minimum Gasteiger partial charge on any atom is -0.495 e. The van der Waals surface area contributed by atoms with Gasteiger partial charge >= 0.3 is 0 Å². The highest BCUT2D eigenvalue weighted by atomic mass is 79.9. The number of rotatable bonds is 5. The number of nitrogens with one attached hydrogen (secondary N) is 2. The Morgan fingerprint density at radius 3 is 2.41 bits per heavy atom. The van der Waals surface area contributed by atoms with Crippen LogP contribution in [0.25, 0.3) is 0 Å². The van der Waals surface area contributed by atoms with Gasteiger partial charge in [0.05, 0.1) is 23.4 Å². The summed E-state index contributed by atoms with van der Waals surface area (Å²) in [6, 6.07) is 7.38. The molecule has 10 heteroatoms. The Bertz CT molecular complexity index is 993. The Morgan fingerprint density at radius 2 is 1.78 bits per heavy atom. The number of hydrogen-bond acceptors (Lipinski definition) is 6. The lowest BCUT2D eigenvalue weighted by Gasteiger charge is -2.20. The van der Waals surface area contributed by atoms with Gasteiger partial charge in [-0.3, -0.25) is 9.52 Å². The van der Waals surface area contributed by atoms with E-state index < -0.39 is 10.0 Å². The van der Waals surface area contributed by atoms with Crippen molar-refractivity contribution in [3.05, 3.63) is 34.8 Å². The van der Waals surface area contributed by atoms with E-state index in [1.54, 1.807) is 12.1 Å². The zero-order valence-corrected chi connectivity index (χ0v) is 16.9. The standard InChI is InChI=1S/C17H17BrN2O6S/c1-10(21)19-14-7-11(3-4-15(14)24-2)27(22,23)20-13-9-17-16(8-12(13)18)25-5-6-26-17/h3-4,7-9,20H,5-6H2,1-2H3,(H,19,21). The molecule has 2 aromatic rings. The number of anilines is 2. The number of hydrogen-bond donors (Lipinski definition) is 2. The number of halogens is 1. The number of sulfonamides is 1. The molecule has 3 rings (SSSR count). The van der Waals surface area contributed by atoms with Crippen LogP contribution in [0.1, 0.15) is 6.92 Å². The summed E-state index contributed by atoms with van der Waals surface area (Å²) < 4.78 is 44.7. The fourth-order valence-electron chi connectivity index (χ4n) is 2.49. The van der Waals surface area contributed by atoms with Crippen LogP contribution in [0.2, 0.25) is 0 Å². The van der Waals surface area contributed by atoms with Crippen molar-refractivity contribution < 1.29 is 27.4 Å². The van der Waals surface area contributed by atoms with E-state index in [1.807, 2.05) is 0 Å². The first-order valence-corrected chi connectivity index (χ1v) is 10.2. The van der Waals surface area contributed by atoms with Gasteiger partial charge in [-0.25, -0.2) is 8.42 Å². The highest BCUT2D eigenvalue weighted by Gasteiger charge is 2.21. The fraction of sp³-hybridized carbons (Fsp3) is 0.235. The van der Waals surface area contributed by atoms with Crippen LogP contribution < -0.4 is 24.2 Å². The second-order valence-electron chi connectivity index (χ2n) is 5.62. The molecule has 2 N–H and O–H groups in total.